The first-order valence-corrected chi connectivity index (χ1v) is 8.41. The molecule has 0 saturated heterocycles. The summed E-state index contributed by atoms with van der Waals surface area (Å²) < 4.78 is 27.3. The van der Waals surface area contributed by atoms with Gasteiger partial charge in [0.15, 0.2) is 0 Å². The Bertz CT molecular complexity index is 695. The van der Waals surface area contributed by atoms with E-state index < -0.39 is 15.6 Å². The van der Waals surface area contributed by atoms with Gasteiger partial charge in [0.2, 0.25) is 0 Å². The molecule has 0 saturated carbocycles. The van der Waals surface area contributed by atoms with Gasteiger partial charge in [0.1, 0.15) is 9.96 Å². The zero-order valence-electron chi connectivity index (χ0n) is 11.5. The van der Waals surface area contributed by atoms with Crippen molar-refractivity contribution in [1.29, 1.82) is 0 Å². The van der Waals surface area contributed by atoms with Crippen LogP contribution in [0.3, 0.4) is 0 Å². The average Bonchev–Trinajstić information content (AvgIpc) is 2.76. The minimum absolute atomic E-state index is 0.188. The Balaban J connectivity index is 2.31. The highest BCUT2D eigenvalue weighted by atomic mass is 32.2. The Hall–Kier alpha value is -1.37. The monoisotopic (exact) mass is 311 g/mol. The summed E-state index contributed by atoms with van der Waals surface area (Å²) in [6, 6.07) is 10.0. The van der Waals surface area contributed by atoms with Crippen LogP contribution in [0.4, 0.5) is 0 Å². The number of sulfonamides is 1. The Labute approximate surface area is 123 Å². The highest BCUT2D eigenvalue weighted by Gasteiger charge is 2.23. The maximum atomic E-state index is 12.2. The van der Waals surface area contributed by atoms with E-state index in [1.165, 1.54) is 11.3 Å². The highest BCUT2D eigenvalue weighted by Crippen LogP contribution is 2.31. The van der Waals surface area contributed by atoms with Gasteiger partial charge in [-0.2, -0.15) is 0 Å². The third-order valence-electron chi connectivity index (χ3n) is 2.44. The summed E-state index contributed by atoms with van der Waals surface area (Å²) in [5.41, 5.74) is 0.367. The largest absolute Gasteiger partial charge is 0.508 e. The minimum Gasteiger partial charge on any atom is -0.508 e. The molecule has 0 aliphatic carbocycles. The van der Waals surface area contributed by atoms with Crippen molar-refractivity contribution in [2.45, 2.75) is 30.5 Å². The van der Waals surface area contributed by atoms with Crippen LogP contribution in [-0.2, 0) is 10.0 Å². The zero-order valence-corrected chi connectivity index (χ0v) is 13.2. The zero-order chi connectivity index (χ0) is 15.0. The molecule has 108 valence electrons. The summed E-state index contributed by atoms with van der Waals surface area (Å²) in [7, 11) is -3.49. The molecule has 1 aromatic carbocycles. The Morgan fingerprint density at radius 3 is 2.20 bits per heavy atom. The molecule has 0 aliphatic rings. The van der Waals surface area contributed by atoms with Gasteiger partial charge in [-0.05, 0) is 62.7 Å². The first-order chi connectivity index (χ1) is 9.17. The van der Waals surface area contributed by atoms with Crippen molar-refractivity contribution >= 4 is 21.4 Å². The van der Waals surface area contributed by atoms with E-state index in [0.717, 1.165) is 10.4 Å². The normalized spacial score (nSPS) is 12.6. The average molecular weight is 311 g/mol. The van der Waals surface area contributed by atoms with Crippen LogP contribution in [-0.4, -0.2) is 19.1 Å². The Morgan fingerprint density at radius 1 is 1.05 bits per heavy atom. The maximum absolute atomic E-state index is 12.2. The fourth-order valence-corrected chi connectivity index (χ4v) is 4.43. The van der Waals surface area contributed by atoms with E-state index in [-0.39, 0.29) is 9.96 Å². The molecule has 2 N–H and O–H groups in total. The van der Waals surface area contributed by atoms with Crippen LogP contribution < -0.4 is 4.72 Å². The van der Waals surface area contributed by atoms with Gasteiger partial charge in [0.05, 0.1) is 0 Å². The van der Waals surface area contributed by atoms with E-state index in [9.17, 15) is 13.5 Å². The van der Waals surface area contributed by atoms with Crippen LogP contribution in [0, 0.1) is 0 Å². The van der Waals surface area contributed by atoms with Crippen molar-refractivity contribution in [3.8, 4) is 16.2 Å². The van der Waals surface area contributed by atoms with Crippen molar-refractivity contribution in [2.75, 3.05) is 0 Å². The number of phenolic OH excluding ortho intramolecular Hbond substituents is 1. The fraction of sp³-hybridized carbons (Fsp3) is 0.286. The number of hydrogen-bond acceptors (Lipinski definition) is 4. The van der Waals surface area contributed by atoms with E-state index in [0.29, 0.717) is 0 Å². The smallest absolute Gasteiger partial charge is 0.250 e. The SMILES string of the molecule is CC(C)(C)NS(=O)(=O)c1ccc(-c2ccc(O)cc2)s1. The molecule has 2 rings (SSSR count). The number of aromatic hydroxyl groups is 1. The molecule has 4 nitrogen and oxygen atoms in total. The second-order valence-corrected chi connectivity index (χ2v) is 8.51. The lowest BCUT2D eigenvalue weighted by Gasteiger charge is -2.19. The molecule has 0 radical (unpaired) electrons. The lowest BCUT2D eigenvalue weighted by atomic mass is 10.1. The van der Waals surface area contributed by atoms with E-state index in [1.807, 2.05) is 0 Å². The van der Waals surface area contributed by atoms with Crippen molar-refractivity contribution < 1.29 is 13.5 Å². The van der Waals surface area contributed by atoms with Crippen molar-refractivity contribution in [3.63, 3.8) is 0 Å². The molecule has 0 unspecified atom stereocenters. The Morgan fingerprint density at radius 2 is 1.65 bits per heavy atom. The molecule has 0 fully saturated rings. The summed E-state index contributed by atoms with van der Waals surface area (Å²) in [6.07, 6.45) is 0. The minimum atomic E-state index is -3.49. The summed E-state index contributed by atoms with van der Waals surface area (Å²) in [6.45, 7) is 5.41. The third kappa shape index (κ3) is 3.59. The second-order valence-electron chi connectivity index (χ2n) is 5.52. The van der Waals surface area contributed by atoms with Gasteiger partial charge in [-0.1, -0.05) is 0 Å². The number of thiophene rings is 1. The number of phenols is 1. The van der Waals surface area contributed by atoms with Crippen LogP contribution in [0.15, 0.2) is 40.6 Å². The first kappa shape index (κ1) is 15.0. The molecule has 20 heavy (non-hydrogen) atoms. The fourth-order valence-electron chi connectivity index (χ4n) is 1.70. The molecule has 0 spiro atoms. The highest BCUT2D eigenvalue weighted by molar-refractivity contribution is 7.91. The number of nitrogens with one attached hydrogen (secondary N) is 1. The quantitative estimate of drug-likeness (QED) is 0.915. The van der Waals surface area contributed by atoms with Crippen molar-refractivity contribution in [3.05, 3.63) is 36.4 Å². The van der Waals surface area contributed by atoms with Crippen LogP contribution >= 0.6 is 11.3 Å². The number of rotatable bonds is 3. The molecule has 0 atom stereocenters. The molecule has 1 heterocycles. The molecule has 0 bridgehead atoms. The van der Waals surface area contributed by atoms with Crippen LogP contribution in [0.25, 0.3) is 10.4 Å². The van der Waals surface area contributed by atoms with E-state index in [1.54, 1.807) is 57.2 Å². The number of benzene rings is 1. The predicted molar refractivity (Wildman–Crippen MR) is 81.5 cm³/mol. The topological polar surface area (TPSA) is 66.4 Å². The summed E-state index contributed by atoms with van der Waals surface area (Å²) in [5, 5.41) is 9.26. The molecule has 1 aromatic heterocycles. The van der Waals surface area contributed by atoms with Gasteiger partial charge < -0.3 is 5.11 Å². The van der Waals surface area contributed by atoms with Crippen molar-refractivity contribution in [2.24, 2.45) is 0 Å². The van der Waals surface area contributed by atoms with Gasteiger partial charge in [-0.3, -0.25) is 0 Å². The molecular weight excluding hydrogens is 294 g/mol. The van der Waals surface area contributed by atoms with Crippen molar-refractivity contribution in [1.82, 2.24) is 4.72 Å². The van der Waals surface area contributed by atoms with Gasteiger partial charge in [-0.15, -0.1) is 11.3 Å². The van der Waals surface area contributed by atoms with Gasteiger partial charge in [-0.25, -0.2) is 13.1 Å². The maximum Gasteiger partial charge on any atom is 0.250 e. The van der Waals surface area contributed by atoms with Gasteiger partial charge in [0, 0.05) is 10.4 Å². The summed E-state index contributed by atoms with van der Waals surface area (Å²) in [5.74, 6) is 0.188. The summed E-state index contributed by atoms with van der Waals surface area (Å²) >= 11 is 1.21. The van der Waals surface area contributed by atoms with E-state index in [4.69, 9.17) is 0 Å². The van der Waals surface area contributed by atoms with Crippen LogP contribution in [0.1, 0.15) is 20.8 Å². The van der Waals surface area contributed by atoms with Gasteiger partial charge in [0.25, 0.3) is 10.0 Å². The van der Waals surface area contributed by atoms with E-state index in [2.05, 4.69) is 4.72 Å². The molecular formula is C14H17NO3S2. The molecule has 0 aliphatic heterocycles. The standard InChI is InChI=1S/C14H17NO3S2/c1-14(2,3)15-20(17,18)13-9-8-12(19-13)10-4-6-11(16)7-5-10/h4-9,15-16H,1-3H3. The molecule has 6 heteroatoms. The molecule has 2 aromatic rings. The lowest BCUT2D eigenvalue weighted by Crippen LogP contribution is -2.40. The predicted octanol–water partition coefficient (Wildman–Crippen LogP) is 3.20. The Kier molecular flexibility index (Phi) is 3.90. The van der Waals surface area contributed by atoms with Crippen LogP contribution in [0.5, 0.6) is 5.75 Å². The van der Waals surface area contributed by atoms with E-state index >= 15 is 0 Å². The van der Waals surface area contributed by atoms with Crippen LogP contribution in [0.2, 0.25) is 0 Å². The van der Waals surface area contributed by atoms with Gasteiger partial charge >= 0.3 is 0 Å². The second kappa shape index (κ2) is 5.20. The number of hydrogen-bond donors (Lipinski definition) is 2. The first-order valence-electron chi connectivity index (χ1n) is 6.11. The molecule has 0 amide bonds. The summed E-state index contributed by atoms with van der Waals surface area (Å²) in [4.78, 5) is 0.847. The third-order valence-corrected chi connectivity index (χ3v) is 5.82. The lowest BCUT2D eigenvalue weighted by molar-refractivity contribution is 0.475.